The molecule has 0 aromatic heterocycles. The van der Waals surface area contributed by atoms with Crippen LogP contribution in [0, 0.1) is 17.0 Å². The Labute approximate surface area is 98.0 Å². The van der Waals surface area contributed by atoms with Crippen LogP contribution in [0.5, 0.6) is 0 Å². The van der Waals surface area contributed by atoms with Crippen molar-refractivity contribution in [3.8, 4) is 0 Å². The summed E-state index contributed by atoms with van der Waals surface area (Å²) < 4.78 is 0. The number of anilines is 1. The summed E-state index contributed by atoms with van der Waals surface area (Å²) in [4.78, 5) is 22.0. The minimum atomic E-state index is -0.836. The fourth-order valence-corrected chi connectivity index (χ4v) is 1.52. The van der Waals surface area contributed by atoms with Crippen molar-refractivity contribution in [1.29, 1.82) is 0 Å². The maximum atomic E-state index is 11.7. The molecule has 1 aromatic rings. The van der Waals surface area contributed by atoms with E-state index >= 15 is 0 Å². The molecule has 1 aliphatic rings. The van der Waals surface area contributed by atoms with Crippen LogP contribution in [0.15, 0.2) is 18.2 Å². The first-order chi connectivity index (χ1) is 7.92. The molecule has 1 aliphatic carbocycles. The van der Waals surface area contributed by atoms with Crippen molar-refractivity contribution >= 4 is 17.3 Å². The van der Waals surface area contributed by atoms with E-state index in [4.69, 9.17) is 5.73 Å². The first-order valence-corrected chi connectivity index (χ1v) is 5.28. The summed E-state index contributed by atoms with van der Waals surface area (Å²) in [6.45, 7) is 1.80. The van der Waals surface area contributed by atoms with Crippen molar-refractivity contribution in [3.05, 3.63) is 33.9 Å². The molecule has 6 heteroatoms. The molecule has 3 N–H and O–H groups in total. The minimum absolute atomic E-state index is 0.117. The zero-order chi connectivity index (χ0) is 12.6. The van der Waals surface area contributed by atoms with E-state index in [2.05, 4.69) is 5.32 Å². The van der Waals surface area contributed by atoms with Crippen molar-refractivity contribution in [2.45, 2.75) is 25.3 Å². The first-order valence-electron chi connectivity index (χ1n) is 5.28. The average Bonchev–Trinajstić information content (AvgIpc) is 2.97. The van der Waals surface area contributed by atoms with Crippen molar-refractivity contribution in [1.82, 2.24) is 0 Å². The topological polar surface area (TPSA) is 98.3 Å². The normalized spacial score (nSPS) is 16.4. The predicted octanol–water partition coefficient (Wildman–Crippen LogP) is 1.33. The number of amides is 1. The van der Waals surface area contributed by atoms with E-state index in [1.807, 2.05) is 0 Å². The predicted molar refractivity (Wildman–Crippen MR) is 62.6 cm³/mol. The average molecular weight is 235 g/mol. The SMILES string of the molecule is Cc1ccc([N+](=O)[O-])c(NC(=O)C2(N)CC2)c1. The van der Waals surface area contributed by atoms with Crippen molar-refractivity contribution in [3.63, 3.8) is 0 Å². The number of rotatable bonds is 3. The van der Waals surface area contributed by atoms with Crippen LogP contribution in [0.25, 0.3) is 0 Å². The lowest BCUT2D eigenvalue weighted by molar-refractivity contribution is -0.383. The van der Waals surface area contributed by atoms with Crippen molar-refractivity contribution < 1.29 is 9.72 Å². The Morgan fingerprint density at radius 1 is 1.53 bits per heavy atom. The maximum absolute atomic E-state index is 11.7. The second-order valence-electron chi connectivity index (χ2n) is 4.39. The van der Waals surface area contributed by atoms with Crippen LogP contribution in [0.1, 0.15) is 18.4 Å². The van der Waals surface area contributed by atoms with E-state index in [1.54, 1.807) is 19.1 Å². The van der Waals surface area contributed by atoms with Crippen LogP contribution < -0.4 is 11.1 Å². The third-order valence-corrected chi connectivity index (χ3v) is 2.84. The van der Waals surface area contributed by atoms with Crippen LogP contribution in [-0.4, -0.2) is 16.4 Å². The zero-order valence-electron chi connectivity index (χ0n) is 9.40. The standard InChI is InChI=1S/C11H13N3O3/c1-7-2-3-9(14(16)17)8(6-7)13-10(15)11(12)4-5-11/h2-3,6H,4-5,12H2,1H3,(H,13,15). The summed E-state index contributed by atoms with van der Waals surface area (Å²) in [6, 6.07) is 4.58. The number of nitrogens with one attached hydrogen (secondary N) is 1. The minimum Gasteiger partial charge on any atom is -0.319 e. The molecule has 0 saturated heterocycles. The Hall–Kier alpha value is -1.95. The number of nitrogens with two attached hydrogens (primary N) is 1. The highest BCUT2D eigenvalue weighted by molar-refractivity contribution is 6.01. The van der Waals surface area contributed by atoms with Gasteiger partial charge in [0.05, 0.1) is 10.5 Å². The molecule has 17 heavy (non-hydrogen) atoms. The summed E-state index contributed by atoms with van der Waals surface area (Å²) in [6.07, 6.45) is 1.25. The Bertz CT molecular complexity index is 495. The third-order valence-electron chi connectivity index (χ3n) is 2.84. The molecule has 6 nitrogen and oxygen atoms in total. The van der Waals surface area contributed by atoms with Crippen LogP contribution in [-0.2, 0) is 4.79 Å². The molecule has 0 aliphatic heterocycles. The molecule has 1 fully saturated rings. The van der Waals surface area contributed by atoms with Gasteiger partial charge in [-0.25, -0.2) is 0 Å². The summed E-state index contributed by atoms with van der Waals surface area (Å²) in [5, 5.41) is 13.3. The van der Waals surface area contributed by atoms with Crippen LogP contribution in [0.4, 0.5) is 11.4 Å². The number of benzene rings is 1. The Morgan fingerprint density at radius 3 is 2.71 bits per heavy atom. The molecule has 0 atom stereocenters. The quantitative estimate of drug-likeness (QED) is 0.610. The first kappa shape index (κ1) is 11.5. The molecule has 2 rings (SSSR count). The maximum Gasteiger partial charge on any atom is 0.292 e. The fraction of sp³-hybridized carbons (Fsp3) is 0.364. The lowest BCUT2D eigenvalue weighted by atomic mass is 10.1. The molecule has 1 aromatic carbocycles. The Kier molecular flexibility index (Phi) is 2.59. The van der Waals surface area contributed by atoms with E-state index in [1.165, 1.54) is 6.07 Å². The van der Waals surface area contributed by atoms with E-state index in [-0.39, 0.29) is 17.3 Å². The van der Waals surface area contributed by atoms with Crippen LogP contribution in [0.2, 0.25) is 0 Å². The molecule has 1 amide bonds. The van der Waals surface area contributed by atoms with Gasteiger partial charge in [-0.15, -0.1) is 0 Å². The van der Waals surface area contributed by atoms with Gasteiger partial charge in [0.1, 0.15) is 5.69 Å². The number of nitro benzene ring substituents is 1. The molecule has 0 unspecified atom stereocenters. The Morgan fingerprint density at radius 2 is 2.18 bits per heavy atom. The largest absolute Gasteiger partial charge is 0.319 e. The molecule has 90 valence electrons. The van der Waals surface area contributed by atoms with Gasteiger partial charge >= 0.3 is 0 Å². The third kappa shape index (κ3) is 2.26. The van der Waals surface area contributed by atoms with Gasteiger partial charge in [0.25, 0.3) is 5.69 Å². The number of nitro groups is 1. The lowest BCUT2D eigenvalue weighted by Crippen LogP contribution is -2.37. The second kappa shape index (κ2) is 3.81. The summed E-state index contributed by atoms with van der Waals surface area (Å²) in [5.41, 5.74) is 5.81. The van der Waals surface area contributed by atoms with Gasteiger partial charge in [-0.05, 0) is 31.4 Å². The highest BCUT2D eigenvalue weighted by Gasteiger charge is 2.46. The van der Waals surface area contributed by atoms with Gasteiger partial charge in [-0.3, -0.25) is 14.9 Å². The zero-order valence-corrected chi connectivity index (χ0v) is 9.40. The number of hydrogen-bond donors (Lipinski definition) is 2. The van der Waals surface area contributed by atoms with Gasteiger partial charge in [-0.2, -0.15) is 0 Å². The van der Waals surface area contributed by atoms with Gasteiger partial charge in [0.15, 0.2) is 0 Å². The highest BCUT2D eigenvalue weighted by atomic mass is 16.6. The smallest absolute Gasteiger partial charge is 0.292 e. The number of carbonyl (C=O) groups excluding carboxylic acids is 1. The summed E-state index contributed by atoms with van der Waals surface area (Å²) >= 11 is 0. The number of aryl methyl sites for hydroxylation is 1. The molecular formula is C11H13N3O3. The summed E-state index contributed by atoms with van der Waals surface area (Å²) in [5.74, 6) is -0.355. The fourth-order valence-electron chi connectivity index (χ4n) is 1.52. The number of hydrogen-bond acceptors (Lipinski definition) is 4. The summed E-state index contributed by atoms with van der Waals surface area (Å²) in [7, 11) is 0. The molecule has 0 bridgehead atoms. The monoisotopic (exact) mass is 235 g/mol. The number of carbonyl (C=O) groups is 1. The number of nitrogens with zero attached hydrogens (tertiary/aromatic N) is 1. The van der Waals surface area contributed by atoms with Gasteiger partial charge in [0.2, 0.25) is 5.91 Å². The van der Waals surface area contributed by atoms with E-state index in [9.17, 15) is 14.9 Å². The lowest BCUT2D eigenvalue weighted by Gasteiger charge is -2.10. The molecule has 0 heterocycles. The van der Waals surface area contributed by atoms with E-state index < -0.39 is 10.5 Å². The van der Waals surface area contributed by atoms with Gasteiger partial charge < -0.3 is 11.1 Å². The van der Waals surface area contributed by atoms with Gasteiger partial charge in [0, 0.05) is 6.07 Å². The molecule has 0 radical (unpaired) electrons. The van der Waals surface area contributed by atoms with E-state index in [0.717, 1.165) is 5.56 Å². The molecule has 0 spiro atoms. The van der Waals surface area contributed by atoms with Crippen LogP contribution >= 0.6 is 0 Å². The molecular weight excluding hydrogens is 222 g/mol. The Balaban J connectivity index is 2.27. The van der Waals surface area contributed by atoms with Gasteiger partial charge in [-0.1, -0.05) is 6.07 Å². The van der Waals surface area contributed by atoms with Crippen molar-refractivity contribution in [2.75, 3.05) is 5.32 Å². The van der Waals surface area contributed by atoms with Crippen LogP contribution in [0.3, 0.4) is 0 Å². The van der Waals surface area contributed by atoms with Crippen molar-refractivity contribution in [2.24, 2.45) is 5.73 Å². The van der Waals surface area contributed by atoms with E-state index in [0.29, 0.717) is 12.8 Å². The highest BCUT2D eigenvalue weighted by Crippen LogP contribution is 2.34. The molecule has 1 saturated carbocycles. The second-order valence-corrected chi connectivity index (χ2v) is 4.39.